The van der Waals surface area contributed by atoms with Gasteiger partial charge in [0.2, 0.25) is 0 Å². The molecular formula is C22H39N3O. The van der Waals surface area contributed by atoms with Crippen LogP contribution in [0.4, 0.5) is 0 Å². The SMILES string of the molecule is CC.CCC.CCN/C=C1/C=CC(c2cccnc2C)=CC1NC.CO. The Morgan fingerprint density at radius 3 is 2.27 bits per heavy atom. The van der Waals surface area contributed by atoms with Crippen molar-refractivity contribution >= 4 is 5.57 Å². The van der Waals surface area contributed by atoms with Crippen LogP contribution in [0.2, 0.25) is 0 Å². The summed E-state index contributed by atoms with van der Waals surface area (Å²) < 4.78 is 0. The molecule has 0 aromatic carbocycles. The maximum absolute atomic E-state index is 7.00. The number of nitrogens with one attached hydrogen (secondary N) is 2. The molecule has 4 heteroatoms. The number of aliphatic hydroxyl groups is 1. The highest BCUT2D eigenvalue weighted by Gasteiger charge is 2.14. The zero-order valence-electron chi connectivity index (χ0n) is 17.9. The Bertz CT molecular complexity index is 548. The summed E-state index contributed by atoms with van der Waals surface area (Å²) in [7, 11) is 2.98. The van der Waals surface area contributed by atoms with Gasteiger partial charge in [-0.2, -0.15) is 0 Å². The molecule has 0 spiro atoms. The molecule has 0 saturated heterocycles. The van der Waals surface area contributed by atoms with Gasteiger partial charge in [0, 0.05) is 37.3 Å². The molecule has 1 atom stereocenters. The highest BCUT2D eigenvalue weighted by Crippen LogP contribution is 2.25. The summed E-state index contributed by atoms with van der Waals surface area (Å²) in [5.41, 5.74) is 4.72. The fourth-order valence-corrected chi connectivity index (χ4v) is 2.20. The Kier molecular flexibility index (Phi) is 18.1. The van der Waals surface area contributed by atoms with Crippen molar-refractivity contribution in [3.8, 4) is 0 Å². The zero-order chi connectivity index (χ0) is 20.4. The van der Waals surface area contributed by atoms with Crippen molar-refractivity contribution in [1.29, 1.82) is 0 Å². The molecule has 0 bridgehead atoms. The number of pyridine rings is 1. The lowest BCUT2D eigenvalue weighted by Gasteiger charge is -2.20. The number of rotatable bonds is 4. The van der Waals surface area contributed by atoms with Crippen molar-refractivity contribution in [3.63, 3.8) is 0 Å². The van der Waals surface area contributed by atoms with Crippen molar-refractivity contribution in [2.24, 2.45) is 0 Å². The first-order valence-electron chi connectivity index (χ1n) is 9.55. The summed E-state index contributed by atoms with van der Waals surface area (Å²) in [4.78, 5) is 4.35. The van der Waals surface area contributed by atoms with Gasteiger partial charge in [-0.05, 0) is 38.1 Å². The maximum Gasteiger partial charge on any atom is 0.0527 e. The first-order valence-corrected chi connectivity index (χ1v) is 9.55. The van der Waals surface area contributed by atoms with Gasteiger partial charge in [-0.25, -0.2) is 0 Å². The second-order valence-electron chi connectivity index (χ2n) is 5.27. The predicted molar refractivity (Wildman–Crippen MR) is 116 cm³/mol. The summed E-state index contributed by atoms with van der Waals surface area (Å²) >= 11 is 0. The molecular weight excluding hydrogens is 322 g/mol. The van der Waals surface area contributed by atoms with Crippen LogP contribution in [0.1, 0.15) is 52.3 Å². The second kappa shape index (κ2) is 17.9. The van der Waals surface area contributed by atoms with Gasteiger partial charge in [0.1, 0.15) is 0 Å². The second-order valence-corrected chi connectivity index (χ2v) is 5.27. The van der Waals surface area contributed by atoms with E-state index in [1.165, 1.54) is 23.1 Å². The van der Waals surface area contributed by atoms with E-state index in [9.17, 15) is 0 Å². The van der Waals surface area contributed by atoms with Crippen LogP contribution >= 0.6 is 0 Å². The predicted octanol–water partition coefficient (Wildman–Crippen LogP) is 4.48. The van der Waals surface area contributed by atoms with Crippen molar-refractivity contribution in [3.05, 3.63) is 59.6 Å². The van der Waals surface area contributed by atoms with E-state index in [0.717, 1.165) is 19.3 Å². The topological polar surface area (TPSA) is 57.2 Å². The normalized spacial score (nSPS) is 16.1. The third kappa shape index (κ3) is 9.54. The van der Waals surface area contributed by atoms with E-state index in [4.69, 9.17) is 5.11 Å². The third-order valence-corrected chi connectivity index (χ3v) is 3.26. The largest absolute Gasteiger partial charge is 0.400 e. The molecule has 1 aromatic rings. The molecule has 0 radical (unpaired) electrons. The van der Waals surface area contributed by atoms with E-state index in [1.807, 2.05) is 40.1 Å². The van der Waals surface area contributed by atoms with Crippen molar-refractivity contribution in [2.75, 3.05) is 20.7 Å². The van der Waals surface area contributed by atoms with Gasteiger partial charge < -0.3 is 15.7 Å². The zero-order valence-corrected chi connectivity index (χ0v) is 17.9. The Balaban J connectivity index is 0. The number of hydrogen-bond donors (Lipinski definition) is 3. The number of aryl methyl sites for hydroxylation is 1. The van der Waals surface area contributed by atoms with Gasteiger partial charge in [0.05, 0.1) is 6.04 Å². The standard InChI is InChI=1S/C16H21N3.C3H8.C2H6.CH4O/c1-4-18-11-14-8-7-13(10-16(14)17-3)15-6-5-9-19-12(15)2;1-3-2;2*1-2/h5-11,16-18H,4H2,1-3H3;3H2,1-2H3;1-2H3;2H,1H3/b14-11-;;;. The number of aliphatic hydroxyl groups excluding tert-OH is 1. The monoisotopic (exact) mass is 361 g/mol. The average Bonchev–Trinajstić information content (AvgIpc) is 2.70. The molecule has 1 aliphatic rings. The minimum atomic E-state index is 0.235. The Labute approximate surface area is 161 Å². The van der Waals surface area contributed by atoms with Crippen molar-refractivity contribution < 1.29 is 5.11 Å². The lowest BCUT2D eigenvalue weighted by molar-refractivity contribution is 0.399. The van der Waals surface area contributed by atoms with E-state index in [0.29, 0.717) is 0 Å². The van der Waals surface area contributed by atoms with Crippen molar-refractivity contribution in [2.45, 2.75) is 54.0 Å². The quantitative estimate of drug-likeness (QED) is 0.740. The number of allylic oxidation sites excluding steroid dienone is 2. The van der Waals surface area contributed by atoms with Crippen LogP contribution in [-0.2, 0) is 0 Å². The van der Waals surface area contributed by atoms with E-state index >= 15 is 0 Å². The summed E-state index contributed by atoms with van der Waals surface area (Å²) in [6.45, 7) is 13.3. The average molecular weight is 362 g/mol. The van der Waals surface area contributed by atoms with Crippen LogP contribution < -0.4 is 10.6 Å². The molecule has 0 aliphatic heterocycles. The molecule has 0 saturated carbocycles. The smallest absolute Gasteiger partial charge is 0.0527 e. The van der Waals surface area contributed by atoms with Crippen LogP contribution in [0, 0.1) is 6.92 Å². The lowest BCUT2D eigenvalue weighted by Crippen LogP contribution is -2.27. The van der Waals surface area contributed by atoms with Crippen LogP contribution in [-0.4, -0.2) is 36.8 Å². The first-order chi connectivity index (χ1) is 12.7. The summed E-state index contributed by atoms with van der Waals surface area (Å²) in [6, 6.07) is 4.33. The molecule has 4 nitrogen and oxygen atoms in total. The fraction of sp³-hybridized carbons (Fsp3) is 0.500. The highest BCUT2D eigenvalue weighted by atomic mass is 16.2. The van der Waals surface area contributed by atoms with Gasteiger partial charge in [-0.3, -0.25) is 4.98 Å². The summed E-state index contributed by atoms with van der Waals surface area (Å²) in [5, 5.41) is 13.6. The first kappa shape index (κ1) is 26.3. The number of aromatic nitrogens is 1. The molecule has 1 unspecified atom stereocenters. The Morgan fingerprint density at radius 2 is 1.77 bits per heavy atom. The van der Waals surface area contributed by atoms with Gasteiger partial charge in [0.25, 0.3) is 0 Å². The highest BCUT2D eigenvalue weighted by molar-refractivity contribution is 5.78. The summed E-state index contributed by atoms with van der Waals surface area (Å²) in [5.74, 6) is 0. The van der Waals surface area contributed by atoms with Crippen molar-refractivity contribution in [1.82, 2.24) is 15.6 Å². The molecule has 0 amide bonds. The number of likely N-dealkylation sites (N-methyl/N-ethyl adjacent to an activating group) is 1. The molecule has 3 N–H and O–H groups in total. The van der Waals surface area contributed by atoms with E-state index in [1.54, 1.807) is 0 Å². The minimum Gasteiger partial charge on any atom is -0.400 e. The van der Waals surface area contributed by atoms with Gasteiger partial charge in [-0.15, -0.1) is 0 Å². The van der Waals surface area contributed by atoms with Crippen LogP contribution in [0.5, 0.6) is 0 Å². The molecule has 2 rings (SSSR count). The molecule has 0 fully saturated rings. The fourth-order valence-electron chi connectivity index (χ4n) is 2.20. The van der Waals surface area contributed by atoms with Crippen LogP contribution in [0.25, 0.3) is 5.57 Å². The van der Waals surface area contributed by atoms with Crippen LogP contribution in [0.3, 0.4) is 0 Å². The number of nitrogens with zero attached hydrogens (tertiary/aromatic N) is 1. The van der Waals surface area contributed by atoms with Gasteiger partial charge in [-0.1, -0.05) is 58.4 Å². The summed E-state index contributed by atoms with van der Waals surface area (Å²) in [6.07, 6.45) is 11.7. The van der Waals surface area contributed by atoms with E-state index in [2.05, 4.69) is 66.9 Å². The van der Waals surface area contributed by atoms with Crippen LogP contribution in [0.15, 0.2) is 48.3 Å². The van der Waals surface area contributed by atoms with E-state index in [-0.39, 0.29) is 6.04 Å². The molecule has 1 aliphatic carbocycles. The molecule has 148 valence electrons. The third-order valence-electron chi connectivity index (χ3n) is 3.26. The molecule has 1 aromatic heterocycles. The molecule has 26 heavy (non-hydrogen) atoms. The Hall–Kier alpha value is -1.91. The maximum atomic E-state index is 7.00. The van der Waals surface area contributed by atoms with E-state index < -0.39 is 0 Å². The Morgan fingerprint density at radius 1 is 1.15 bits per heavy atom. The minimum absolute atomic E-state index is 0.235. The van der Waals surface area contributed by atoms with Gasteiger partial charge in [0.15, 0.2) is 0 Å². The molecule has 1 heterocycles. The van der Waals surface area contributed by atoms with Gasteiger partial charge >= 0.3 is 0 Å². The number of hydrogen-bond acceptors (Lipinski definition) is 4. The lowest BCUT2D eigenvalue weighted by atomic mass is 9.93.